The lowest BCUT2D eigenvalue weighted by Gasteiger charge is -2.12. The number of hydrogen-bond acceptors (Lipinski definition) is 7. The van der Waals surface area contributed by atoms with Crippen molar-refractivity contribution >= 4 is 34.7 Å². The number of amides is 1. The molecule has 8 heteroatoms. The summed E-state index contributed by atoms with van der Waals surface area (Å²) in [6, 6.07) is 14.6. The first-order chi connectivity index (χ1) is 13.6. The molecular weight excluding hydrogens is 358 g/mol. The Bertz CT molecular complexity index is 978. The quantitative estimate of drug-likeness (QED) is 0.572. The van der Waals surface area contributed by atoms with Crippen LogP contribution < -0.4 is 25.4 Å². The van der Waals surface area contributed by atoms with Crippen LogP contribution >= 0.6 is 0 Å². The summed E-state index contributed by atoms with van der Waals surface area (Å²) in [6.45, 7) is 1.47. The fourth-order valence-electron chi connectivity index (χ4n) is 2.56. The smallest absolute Gasteiger partial charge is 0.229 e. The van der Waals surface area contributed by atoms with Crippen LogP contribution in [0, 0.1) is 0 Å². The lowest BCUT2D eigenvalue weighted by molar-refractivity contribution is -0.114. The van der Waals surface area contributed by atoms with Crippen LogP contribution in [0.5, 0.6) is 11.5 Å². The molecule has 0 spiro atoms. The topological polar surface area (TPSA) is 97.4 Å². The largest absolute Gasteiger partial charge is 0.493 e. The Labute approximate surface area is 162 Å². The molecule has 0 atom stereocenters. The van der Waals surface area contributed by atoms with Crippen molar-refractivity contribution in [3.8, 4) is 11.5 Å². The van der Waals surface area contributed by atoms with Gasteiger partial charge in [0.05, 0.1) is 14.2 Å². The van der Waals surface area contributed by atoms with Crippen LogP contribution in [0.1, 0.15) is 6.92 Å². The lowest BCUT2D eigenvalue weighted by atomic mass is 10.2. The highest BCUT2D eigenvalue weighted by atomic mass is 16.5. The maximum absolute atomic E-state index is 11.2. The molecule has 28 heavy (non-hydrogen) atoms. The predicted octanol–water partition coefficient (Wildman–Crippen LogP) is 3.94. The van der Waals surface area contributed by atoms with Gasteiger partial charge in [0, 0.05) is 36.2 Å². The Morgan fingerprint density at radius 1 is 0.893 bits per heavy atom. The second-order valence-corrected chi connectivity index (χ2v) is 5.85. The minimum Gasteiger partial charge on any atom is -0.493 e. The molecule has 3 aromatic rings. The van der Waals surface area contributed by atoms with Gasteiger partial charge in [-0.2, -0.15) is 4.98 Å². The van der Waals surface area contributed by atoms with E-state index in [0.29, 0.717) is 29.0 Å². The fraction of sp³-hybridized carbons (Fsp3) is 0.150. The molecule has 144 valence electrons. The van der Waals surface area contributed by atoms with Crippen LogP contribution in [0.15, 0.2) is 54.7 Å². The highest BCUT2D eigenvalue weighted by Crippen LogP contribution is 2.30. The number of ether oxygens (including phenoxy) is 2. The number of rotatable bonds is 7. The number of benzene rings is 2. The van der Waals surface area contributed by atoms with Crippen molar-refractivity contribution in [3.63, 3.8) is 0 Å². The molecule has 0 aliphatic heterocycles. The van der Waals surface area contributed by atoms with Gasteiger partial charge in [-0.15, -0.1) is 0 Å². The number of carbonyl (C=O) groups excluding carboxylic acids is 1. The zero-order valence-electron chi connectivity index (χ0n) is 15.8. The van der Waals surface area contributed by atoms with Crippen molar-refractivity contribution in [3.05, 3.63) is 54.7 Å². The number of methoxy groups -OCH3 is 2. The molecule has 0 aliphatic carbocycles. The van der Waals surface area contributed by atoms with Gasteiger partial charge in [0.1, 0.15) is 5.82 Å². The molecule has 0 unspecified atom stereocenters. The number of aromatic nitrogens is 2. The first-order valence-corrected chi connectivity index (χ1v) is 8.54. The molecule has 0 saturated heterocycles. The van der Waals surface area contributed by atoms with Crippen molar-refractivity contribution in [2.75, 3.05) is 30.2 Å². The van der Waals surface area contributed by atoms with Crippen LogP contribution in [0.2, 0.25) is 0 Å². The number of anilines is 5. The summed E-state index contributed by atoms with van der Waals surface area (Å²) in [5.74, 6) is 2.16. The minimum atomic E-state index is -0.124. The molecule has 3 N–H and O–H groups in total. The summed E-state index contributed by atoms with van der Waals surface area (Å²) in [5, 5.41) is 9.09. The zero-order valence-corrected chi connectivity index (χ0v) is 15.8. The third-order valence-electron chi connectivity index (χ3n) is 3.75. The summed E-state index contributed by atoms with van der Waals surface area (Å²) in [4.78, 5) is 19.9. The Morgan fingerprint density at radius 3 is 2.39 bits per heavy atom. The third-order valence-corrected chi connectivity index (χ3v) is 3.75. The van der Waals surface area contributed by atoms with Gasteiger partial charge in [0.25, 0.3) is 0 Å². The second-order valence-electron chi connectivity index (χ2n) is 5.85. The molecule has 0 aliphatic rings. The van der Waals surface area contributed by atoms with Gasteiger partial charge in [-0.3, -0.25) is 4.79 Å². The number of hydrogen-bond donors (Lipinski definition) is 3. The van der Waals surface area contributed by atoms with E-state index in [-0.39, 0.29) is 5.91 Å². The van der Waals surface area contributed by atoms with Gasteiger partial charge < -0.3 is 25.4 Å². The first kappa shape index (κ1) is 19.0. The van der Waals surface area contributed by atoms with Crippen molar-refractivity contribution < 1.29 is 14.3 Å². The maximum atomic E-state index is 11.2. The standard InChI is InChI=1S/C20H21N5O3/c1-13(26)22-14-5-4-6-15(11-14)23-19-9-10-21-20(25-19)24-16-7-8-17(27-2)18(12-16)28-3/h4-12H,1-3H3,(H,22,26)(H2,21,23,24,25). The van der Waals surface area contributed by atoms with Crippen LogP contribution in [0.3, 0.4) is 0 Å². The van der Waals surface area contributed by atoms with Crippen molar-refractivity contribution in [1.29, 1.82) is 0 Å². The molecule has 0 saturated carbocycles. The van der Waals surface area contributed by atoms with E-state index in [1.165, 1.54) is 6.92 Å². The molecule has 1 amide bonds. The minimum absolute atomic E-state index is 0.124. The normalized spacial score (nSPS) is 10.1. The van der Waals surface area contributed by atoms with Crippen LogP contribution in [0.25, 0.3) is 0 Å². The fourth-order valence-corrected chi connectivity index (χ4v) is 2.56. The zero-order chi connectivity index (χ0) is 19.9. The highest BCUT2D eigenvalue weighted by Gasteiger charge is 2.07. The van der Waals surface area contributed by atoms with Gasteiger partial charge >= 0.3 is 0 Å². The molecule has 8 nitrogen and oxygen atoms in total. The van der Waals surface area contributed by atoms with Gasteiger partial charge in [0.2, 0.25) is 11.9 Å². The second kappa shape index (κ2) is 8.72. The lowest BCUT2D eigenvalue weighted by Crippen LogP contribution is -2.06. The van der Waals surface area contributed by atoms with E-state index in [9.17, 15) is 4.79 Å². The van der Waals surface area contributed by atoms with E-state index in [0.717, 1.165) is 11.4 Å². The molecule has 3 rings (SSSR count). The number of nitrogens with zero attached hydrogens (tertiary/aromatic N) is 2. The van der Waals surface area contributed by atoms with E-state index >= 15 is 0 Å². The van der Waals surface area contributed by atoms with Crippen LogP contribution in [0.4, 0.5) is 28.8 Å². The van der Waals surface area contributed by atoms with Gasteiger partial charge in [-0.05, 0) is 36.4 Å². The Morgan fingerprint density at radius 2 is 1.64 bits per heavy atom. The molecule has 1 aromatic heterocycles. The summed E-state index contributed by atoms with van der Waals surface area (Å²) >= 11 is 0. The Kier molecular flexibility index (Phi) is 5.91. The Hall–Kier alpha value is -3.81. The number of carbonyl (C=O) groups is 1. The molecule has 0 bridgehead atoms. The highest BCUT2D eigenvalue weighted by molar-refractivity contribution is 5.89. The van der Waals surface area contributed by atoms with E-state index in [2.05, 4.69) is 25.9 Å². The van der Waals surface area contributed by atoms with E-state index < -0.39 is 0 Å². The molecule has 0 fully saturated rings. The van der Waals surface area contributed by atoms with E-state index in [1.54, 1.807) is 38.6 Å². The monoisotopic (exact) mass is 379 g/mol. The van der Waals surface area contributed by atoms with Crippen molar-refractivity contribution in [2.45, 2.75) is 6.92 Å². The summed E-state index contributed by atoms with van der Waals surface area (Å²) < 4.78 is 10.5. The van der Waals surface area contributed by atoms with Crippen LogP contribution in [-0.4, -0.2) is 30.1 Å². The first-order valence-electron chi connectivity index (χ1n) is 8.54. The molecule has 2 aromatic carbocycles. The van der Waals surface area contributed by atoms with Crippen molar-refractivity contribution in [2.24, 2.45) is 0 Å². The summed E-state index contributed by atoms with van der Waals surface area (Å²) in [7, 11) is 3.17. The SMILES string of the molecule is COc1ccc(Nc2nccc(Nc3cccc(NC(C)=O)c3)n2)cc1OC. The Balaban J connectivity index is 1.75. The average Bonchev–Trinajstić information content (AvgIpc) is 2.68. The van der Waals surface area contributed by atoms with Crippen LogP contribution in [-0.2, 0) is 4.79 Å². The van der Waals surface area contributed by atoms with Gasteiger partial charge in [0.15, 0.2) is 11.5 Å². The number of nitrogens with one attached hydrogen (secondary N) is 3. The van der Waals surface area contributed by atoms with Gasteiger partial charge in [-0.25, -0.2) is 4.98 Å². The van der Waals surface area contributed by atoms with Gasteiger partial charge in [-0.1, -0.05) is 6.07 Å². The van der Waals surface area contributed by atoms with Crippen molar-refractivity contribution in [1.82, 2.24) is 9.97 Å². The summed E-state index contributed by atoms with van der Waals surface area (Å²) in [5.41, 5.74) is 2.26. The van der Waals surface area contributed by atoms with E-state index in [4.69, 9.17) is 9.47 Å². The third kappa shape index (κ3) is 4.88. The maximum Gasteiger partial charge on any atom is 0.229 e. The molecule has 1 heterocycles. The molecule has 0 radical (unpaired) electrons. The van der Waals surface area contributed by atoms with E-state index in [1.807, 2.05) is 30.3 Å². The molecular formula is C20H21N5O3. The predicted molar refractivity (Wildman–Crippen MR) is 109 cm³/mol. The summed E-state index contributed by atoms with van der Waals surface area (Å²) in [6.07, 6.45) is 1.65. The average molecular weight is 379 g/mol.